The summed E-state index contributed by atoms with van der Waals surface area (Å²) >= 11 is 0. The molecule has 1 aromatic rings. The number of nitrogens with zero attached hydrogens (tertiary/aromatic N) is 2. The van der Waals surface area contributed by atoms with Gasteiger partial charge < -0.3 is 15.8 Å². The molecule has 2 heterocycles. The summed E-state index contributed by atoms with van der Waals surface area (Å²) in [6.45, 7) is 2.23. The lowest BCUT2D eigenvalue weighted by molar-refractivity contribution is -0.135. The molecule has 0 aromatic carbocycles. The van der Waals surface area contributed by atoms with Crippen LogP contribution >= 0.6 is 0 Å². The summed E-state index contributed by atoms with van der Waals surface area (Å²) in [5.74, 6) is 0.893. The highest BCUT2D eigenvalue weighted by molar-refractivity contribution is 5.83. The molecule has 1 aliphatic heterocycles. The summed E-state index contributed by atoms with van der Waals surface area (Å²) < 4.78 is 5.30. The monoisotopic (exact) mass is 267 g/mol. The maximum absolute atomic E-state index is 12.2. The Hall–Kier alpha value is -1.47. The highest BCUT2D eigenvalue weighted by atomic mass is 16.5. The van der Waals surface area contributed by atoms with Gasteiger partial charge in [0.15, 0.2) is 0 Å². The molecular weight excluding hydrogens is 246 g/mol. The first-order chi connectivity index (χ1) is 9.27. The molecule has 0 atom stereocenters. The average molecular weight is 267 g/mol. The predicted molar refractivity (Wildman–Crippen MR) is 69.3 cm³/mol. The van der Waals surface area contributed by atoms with Crippen molar-refractivity contribution in [2.45, 2.75) is 25.7 Å². The number of hydrogen-bond donors (Lipinski definition) is 3. The number of amides is 1. The number of ether oxygens (including phenoxy) is 1. The number of nitrogens with one attached hydrogen (secondary N) is 2. The molecule has 19 heavy (non-hydrogen) atoms. The fourth-order valence-corrected chi connectivity index (χ4v) is 2.28. The first kappa shape index (κ1) is 14.0. The topological polar surface area (TPSA) is 106 Å². The van der Waals surface area contributed by atoms with Crippen LogP contribution in [-0.4, -0.2) is 47.4 Å². The van der Waals surface area contributed by atoms with E-state index >= 15 is 0 Å². The molecule has 106 valence electrons. The van der Waals surface area contributed by atoms with Gasteiger partial charge in [-0.2, -0.15) is 5.10 Å². The van der Waals surface area contributed by atoms with Crippen molar-refractivity contribution in [2.24, 2.45) is 11.1 Å². The molecule has 0 aliphatic carbocycles. The van der Waals surface area contributed by atoms with E-state index in [-0.39, 0.29) is 5.91 Å². The van der Waals surface area contributed by atoms with Crippen LogP contribution in [0.1, 0.15) is 25.1 Å². The normalized spacial score (nSPS) is 18.2. The predicted octanol–water partition coefficient (Wildman–Crippen LogP) is -0.391. The fourth-order valence-electron chi connectivity index (χ4n) is 2.28. The van der Waals surface area contributed by atoms with Crippen molar-refractivity contribution in [2.75, 3.05) is 26.3 Å². The number of hydrogen-bond acceptors (Lipinski definition) is 5. The lowest BCUT2D eigenvalue weighted by atomic mass is 9.79. The van der Waals surface area contributed by atoms with Crippen LogP contribution in [0.3, 0.4) is 0 Å². The van der Waals surface area contributed by atoms with Crippen LogP contribution in [0.2, 0.25) is 0 Å². The molecule has 2 rings (SSSR count). The third kappa shape index (κ3) is 3.51. The summed E-state index contributed by atoms with van der Waals surface area (Å²) in [4.78, 5) is 16.3. The first-order valence-corrected chi connectivity index (χ1v) is 6.67. The number of carbonyl (C=O) groups excluding carboxylic acids is 1. The number of aryl methyl sites for hydroxylation is 1. The summed E-state index contributed by atoms with van der Waals surface area (Å²) in [6, 6.07) is 0. The summed E-state index contributed by atoms with van der Waals surface area (Å²) in [5.41, 5.74) is 5.34. The summed E-state index contributed by atoms with van der Waals surface area (Å²) in [7, 11) is 0. The second-order valence-electron chi connectivity index (χ2n) is 4.89. The Morgan fingerprint density at radius 3 is 2.95 bits per heavy atom. The van der Waals surface area contributed by atoms with Crippen molar-refractivity contribution in [1.82, 2.24) is 20.5 Å². The van der Waals surface area contributed by atoms with Crippen LogP contribution in [0.15, 0.2) is 6.33 Å². The van der Waals surface area contributed by atoms with Crippen LogP contribution in [0.25, 0.3) is 0 Å². The first-order valence-electron chi connectivity index (χ1n) is 6.67. The van der Waals surface area contributed by atoms with E-state index < -0.39 is 5.41 Å². The van der Waals surface area contributed by atoms with Crippen LogP contribution in [-0.2, 0) is 16.0 Å². The SMILES string of the molecule is NCC1(C(=O)NCCCc2ncn[nH]2)CCOCC1. The van der Waals surface area contributed by atoms with Crippen molar-refractivity contribution in [1.29, 1.82) is 0 Å². The van der Waals surface area contributed by atoms with Gasteiger partial charge in [0, 0.05) is 32.7 Å². The van der Waals surface area contributed by atoms with Gasteiger partial charge in [-0.1, -0.05) is 0 Å². The standard InChI is InChI=1S/C12H21N5O2/c13-8-12(3-6-19-7-4-12)11(18)14-5-1-2-10-15-9-16-17-10/h9H,1-8,13H2,(H,14,18)(H,15,16,17). The maximum Gasteiger partial charge on any atom is 0.227 e. The third-order valence-electron chi connectivity index (χ3n) is 3.66. The molecule has 7 heteroatoms. The molecule has 0 unspecified atom stereocenters. The van der Waals surface area contributed by atoms with Gasteiger partial charge in [0.2, 0.25) is 5.91 Å². The molecule has 1 saturated heterocycles. The minimum atomic E-state index is -0.440. The number of carbonyl (C=O) groups is 1. The van der Waals surface area contributed by atoms with Crippen LogP contribution in [0.5, 0.6) is 0 Å². The molecule has 1 amide bonds. The molecule has 1 aromatic heterocycles. The quantitative estimate of drug-likeness (QED) is 0.609. The second kappa shape index (κ2) is 6.63. The molecule has 0 radical (unpaired) electrons. The largest absolute Gasteiger partial charge is 0.381 e. The molecule has 1 aliphatic rings. The fraction of sp³-hybridized carbons (Fsp3) is 0.750. The second-order valence-corrected chi connectivity index (χ2v) is 4.89. The van der Waals surface area contributed by atoms with Crippen LogP contribution < -0.4 is 11.1 Å². The molecule has 0 spiro atoms. The molecule has 0 bridgehead atoms. The Balaban J connectivity index is 1.73. The van der Waals surface area contributed by atoms with E-state index in [9.17, 15) is 4.79 Å². The van der Waals surface area contributed by atoms with E-state index in [0.29, 0.717) is 39.1 Å². The van der Waals surface area contributed by atoms with Crippen LogP contribution in [0, 0.1) is 5.41 Å². The van der Waals surface area contributed by atoms with E-state index in [1.54, 1.807) is 0 Å². The van der Waals surface area contributed by atoms with Gasteiger partial charge >= 0.3 is 0 Å². The van der Waals surface area contributed by atoms with Crippen molar-refractivity contribution >= 4 is 5.91 Å². The van der Waals surface area contributed by atoms with Gasteiger partial charge in [0.1, 0.15) is 12.2 Å². The molecule has 7 nitrogen and oxygen atoms in total. The minimum Gasteiger partial charge on any atom is -0.381 e. The van der Waals surface area contributed by atoms with Gasteiger partial charge in [0.05, 0.1) is 5.41 Å². The van der Waals surface area contributed by atoms with Gasteiger partial charge in [-0.25, -0.2) is 4.98 Å². The Morgan fingerprint density at radius 2 is 2.32 bits per heavy atom. The molecule has 4 N–H and O–H groups in total. The zero-order valence-electron chi connectivity index (χ0n) is 11.0. The van der Waals surface area contributed by atoms with Crippen molar-refractivity contribution in [3.63, 3.8) is 0 Å². The molecule has 1 fully saturated rings. The van der Waals surface area contributed by atoms with E-state index in [1.165, 1.54) is 6.33 Å². The highest BCUT2D eigenvalue weighted by Gasteiger charge is 2.38. The van der Waals surface area contributed by atoms with E-state index in [4.69, 9.17) is 10.5 Å². The number of rotatable bonds is 6. The maximum atomic E-state index is 12.2. The van der Waals surface area contributed by atoms with Crippen LogP contribution in [0.4, 0.5) is 0 Å². The summed E-state index contributed by atoms with van der Waals surface area (Å²) in [5, 5.41) is 9.55. The number of nitrogens with two attached hydrogens (primary N) is 1. The van der Waals surface area contributed by atoms with Crippen molar-refractivity contribution < 1.29 is 9.53 Å². The zero-order chi connectivity index (χ0) is 13.6. The Bertz CT molecular complexity index is 387. The van der Waals surface area contributed by atoms with E-state index in [2.05, 4.69) is 20.5 Å². The lowest BCUT2D eigenvalue weighted by Gasteiger charge is -2.34. The average Bonchev–Trinajstić information content (AvgIpc) is 2.97. The van der Waals surface area contributed by atoms with E-state index in [1.807, 2.05) is 0 Å². The smallest absolute Gasteiger partial charge is 0.227 e. The lowest BCUT2D eigenvalue weighted by Crippen LogP contribution is -2.49. The Labute approximate surface area is 112 Å². The Kier molecular flexibility index (Phi) is 4.86. The number of aromatic nitrogens is 3. The Morgan fingerprint density at radius 1 is 1.53 bits per heavy atom. The highest BCUT2D eigenvalue weighted by Crippen LogP contribution is 2.29. The number of H-pyrrole nitrogens is 1. The van der Waals surface area contributed by atoms with Gasteiger partial charge in [-0.3, -0.25) is 9.89 Å². The third-order valence-corrected chi connectivity index (χ3v) is 3.66. The molecule has 0 saturated carbocycles. The van der Waals surface area contributed by atoms with Gasteiger partial charge in [-0.05, 0) is 19.3 Å². The van der Waals surface area contributed by atoms with Gasteiger partial charge in [0.25, 0.3) is 0 Å². The van der Waals surface area contributed by atoms with Crippen molar-refractivity contribution in [3.05, 3.63) is 12.2 Å². The van der Waals surface area contributed by atoms with Gasteiger partial charge in [-0.15, -0.1) is 0 Å². The number of aromatic amines is 1. The minimum absolute atomic E-state index is 0.0517. The molecular formula is C12H21N5O2. The van der Waals surface area contributed by atoms with E-state index in [0.717, 1.165) is 18.7 Å². The van der Waals surface area contributed by atoms with Crippen molar-refractivity contribution in [3.8, 4) is 0 Å². The summed E-state index contributed by atoms with van der Waals surface area (Å²) in [6.07, 6.45) is 4.51. The zero-order valence-corrected chi connectivity index (χ0v) is 11.0.